The van der Waals surface area contributed by atoms with Gasteiger partial charge in [-0.3, -0.25) is 9.59 Å². The van der Waals surface area contributed by atoms with Gasteiger partial charge in [-0.05, 0) is 37.6 Å². The van der Waals surface area contributed by atoms with Crippen molar-refractivity contribution in [2.24, 2.45) is 0 Å². The Labute approximate surface area is 155 Å². The number of nitrogens with zero attached hydrogens (tertiary/aromatic N) is 2. The minimum atomic E-state index is -4.55. The van der Waals surface area contributed by atoms with Gasteiger partial charge in [0, 0.05) is 25.7 Å². The van der Waals surface area contributed by atoms with Gasteiger partial charge in [0.25, 0.3) is 11.8 Å². The fraction of sp³-hybridized carbons (Fsp3) is 0.556. The number of benzene rings is 1. The summed E-state index contributed by atoms with van der Waals surface area (Å²) in [6.07, 6.45) is -4.93. The molecule has 9 heteroatoms. The Morgan fingerprint density at radius 1 is 1.30 bits per heavy atom. The number of alkyl halides is 3. The van der Waals surface area contributed by atoms with Gasteiger partial charge in [0.1, 0.15) is 11.3 Å². The number of hydrogen-bond donors (Lipinski definition) is 1. The van der Waals surface area contributed by atoms with Crippen LogP contribution >= 0.6 is 0 Å². The maximum atomic E-state index is 13.8. The largest absolute Gasteiger partial charge is 0.482 e. The molecule has 2 amide bonds. The van der Waals surface area contributed by atoms with Crippen LogP contribution in [0.5, 0.6) is 5.75 Å². The summed E-state index contributed by atoms with van der Waals surface area (Å²) in [6.45, 7) is 3.00. The van der Waals surface area contributed by atoms with E-state index >= 15 is 0 Å². The fourth-order valence-corrected chi connectivity index (χ4v) is 3.43. The van der Waals surface area contributed by atoms with Gasteiger partial charge in [-0.1, -0.05) is 6.92 Å². The highest BCUT2D eigenvalue weighted by atomic mass is 19.4. The van der Waals surface area contributed by atoms with Crippen molar-refractivity contribution in [1.82, 2.24) is 10.2 Å². The van der Waals surface area contributed by atoms with Crippen LogP contribution in [0.15, 0.2) is 18.2 Å². The van der Waals surface area contributed by atoms with Gasteiger partial charge < -0.3 is 19.9 Å². The number of amides is 2. The molecule has 0 bridgehead atoms. The third kappa shape index (κ3) is 3.60. The average Bonchev–Trinajstić information content (AvgIpc) is 2.64. The van der Waals surface area contributed by atoms with Crippen molar-refractivity contribution < 1.29 is 27.5 Å². The fourth-order valence-electron chi connectivity index (χ4n) is 3.43. The molecule has 148 valence electrons. The predicted octanol–water partition coefficient (Wildman–Crippen LogP) is 2.19. The second kappa shape index (κ2) is 7.03. The van der Waals surface area contributed by atoms with Gasteiger partial charge in [0.15, 0.2) is 6.61 Å². The molecule has 0 saturated carbocycles. The molecular formula is C18H22F3N3O3. The zero-order valence-corrected chi connectivity index (χ0v) is 15.2. The molecule has 2 heterocycles. The molecule has 1 aromatic carbocycles. The average molecular weight is 385 g/mol. The van der Waals surface area contributed by atoms with Crippen LogP contribution < -0.4 is 15.0 Å². The first kappa shape index (κ1) is 19.5. The molecule has 1 saturated heterocycles. The minimum absolute atomic E-state index is 0.0560. The van der Waals surface area contributed by atoms with Crippen LogP contribution in [0.2, 0.25) is 0 Å². The molecule has 0 spiro atoms. The Balaban J connectivity index is 1.84. The molecule has 0 unspecified atom stereocenters. The Hall–Kier alpha value is -2.29. The highest BCUT2D eigenvalue weighted by Gasteiger charge is 2.56. The predicted molar refractivity (Wildman–Crippen MR) is 92.9 cm³/mol. The molecule has 0 atom stereocenters. The van der Waals surface area contributed by atoms with E-state index < -0.39 is 17.6 Å². The maximum Gasteiger partial charge on any atom is 0.411 e. The lowest BCUT2D eigenvalue weighted by atomic mass is 9.86. The van der Waals surface area contributed by atoms with Gasteiger partial charge in [-0.15, -0.1) is 0 Å². The van der Waals surface area contributed by atoms with Gasteiger partial charge in [0.05, 0.1) is 5.69 Å². The number of halogens is 3. The van der Waals surface area contributed by atoms with E-state index in [-0.39, 0.29) is 44.0 Å². The van der Waals surface area contributed by atoms with Crippen molar-refractivity contribution >= 4 is 17.5 Å². The summed E-state index contributed by atoms with van der Waals surface area (Å²) >= 11 is 0. The van der Waals surface area contributed by atoms with Gasteiger partial charge >= 0.3 is 6.18 Å². The van der Waals surface area contributed by atoms with Crippen LogP contribution in [0, 0.1) is 0 Å². The molecular weight excluding hydrogens is 363 g/mol. The van der Waals surface area contributed by atoms with E-state index in [1.54, 1.807) is 0 Å². The maximum absolute atomic E-state index is 13.8. The molecule has 0 radical (unpaired) electrons. The summed E-state index contributed by atoms with van der Waals surface area (Å²) < 4.78 is 46.6. The molecule has 27 heavy (non-hydrogen) atoms. The molecule has 2 aliphatic rings. The monoisotopic (exact) mass is 385 g/mol. The van der Waals surface area contributed by atoms with Crippen LogP contribution in [0.4, 0.5) is 18.9 Å². The van der Waals surface area contributed by atoms with E-state index in [4.69, 9.17) is 4.74 Å². The van der Waals surface area contributed by atoms with E-state index in [9.17, 15) is 22.8 Å². The normalized spacial score (nSPS) is 20.0. The number of hydrogen-bond acceptors (Lipinski definition) is 4. The molecule has 1 aromatic rings. The first-order chi connectivity index (χ1) is 12.7. The van der Waals surface area contributed by atoms with Crippen LogP contribution in [-0.2, 0) is 4.79 Å². The number of nitrogens with one attached hydrogen (secondary N) is 1. The quantitative estimate of drug-likeness (QED) is 0.867. The first-order valence-corrected chi connectivity index (χ1v) is 8.82. The molecule has 3 rings (SSSR count). The Morgan fingerprint density at radius 2 is 1.96 bits per heavy atom. The number of rotatable bonds is 3. The number of likely N-dealkylation sites (N-methyl/N-ethyl adjacent to an activating group) is 1. The molecule has 2 aliphatic heterocycles. The summed E-state index contributed by atoms with van der Waals surface area (Å²) in [4.78, 5) is 27.6. The van der Waals surface area contributed by atoms with Crippen LogP contribution in [0.1, 0.15) is 30.1 Å². The summed E-state index contributed by atoms with van der Waals surface area (Å²) in [5.74, 6) is -0.694. The Kier molecular flexibility index (Phi) is 5.07. The first-order valence-electron chi connectivity index (χ1n) is 8.82. The van der Waals surface area contributed by atoms with Crippen molar-refractivity contribution in [3.05, 3.63) is 23.8 Å². The lowest BCUT2D eigenvalue weighted by Gasteiger charge is -2.43. The van der Waals surface area contributed by atoms with E-state index in [1.807, 2.05) is 11.8 Å². The van der Waals surface area contributed by atoms with Gasteiger partial charge in [-0.2, -0.15) is 13.2 Å². The third-order valence-corrected chi connectivity index (χ3v) is 5.36. The van der Waals surface area contributed by atoms with Crippen molar-refractivity contribution in [3.8, 4) is 5.75 Å². The van der Waals surface area contributed by atoms with E-state index in [1.165, 1.54) is 30.1 Å². The van der Waals surface area contributed by atoms with Crippen molar-refractivity contribution in [2.45, 2.75) is 31.5 Å². The number of ether oxygens (including phenoxy) is 1. The van der Waals surface area contributed by atoms with Crippen molar-refractivity contribution in [2.75, 3.05) is 38.2 Å². The van der Waals surface area contributed by atoms with E-state index in [0.29, 0.717) is 18.0 Å². The van der Waals surface area contributed by atoms with Gasteiger partial charge in [-0.25, -0.2) is 0 Å². The summed E-state index contributed by atoms with van der Waals surface area (Å²) in [7, 11) is 1.53. The lowest BCUT2D eigenvalue weighted by Crippen LogP contribution is -2.63. The topological polar surface area (TPSA) is 61.9 Å². The zero-order chi connectivity index (χ0) is 19.8. The molecule has 0 aliphatic carbocycles. The second-order valence-corrected chi connectivity index (χ2v) is 6.89. The molecule has 1 fully saturated rings. The molecule has 1 N–H and O–H groups in total. The second-order valence-electron chi connectivity index (χ2n) is 6.89. The van der Waals surface area contributed by atoms with Crippen molar-refractivity contribution in [1.29, 1.82) is 0 Å². The Bertz CT molecular complexity index is 743. The lowest BCUT2D eigenvalue weighted by molar-refractivity contribution is -0.205. The number of fused-ring (bicyclic) bond motifs is 1. The van der Waals surface area contributed by atoms with Gasteiger partial charge in [0.2, 0.25) is 0 Å². The number of carbonyl (C=O) groups excluding carboxylic acids is 2. The zero-order valence-electron chi connectivity index (χ0n) is 15.2. The number of anilines is 1. The van der Waals surface area contributed by atoms with E-state index in [2.05, 4.69) is 5.32 Å². The van der Waals surface area contributed by atoms with Crippen LogP contribution in [-0.4, -0.2) is 61.7 Å². The number of piperidine rings is 1. The van der Waals surface area contributed by atoms with E-state index in [0.717, 1.165) is 0 Å². The Morgan fingerprint density at radius 3 is 2.56 bits per heavy atom. The standard InChI is InChI=1S/C18H22F3N3O3/c1-3-24-8-6-17(7-9-24,18(19,20)21)22-16(26)12-4-5-14-13(10-12)23(2)15(25)11-27-14/h4-5,10H,3,6-9,11H2,1-2H3,(H,22,26). The smallest absolute Gasteiger partial charge is 0.411 e. The third-order valence-electron chi connectivity index (χ3n) is 5.36. The minimum Gasteiger partial charge on any atom is -0.482 e. The summed E-state index contributed by atoms with van der Waals surface area (Å²) in [6, 6.07) is 4.28. The van der Waals surface area contributed by atoms with Crippen molar-refractivity contribution in [3.63, 3.8) is 0 Å². The SMILES string of the molecule is CCN1CCC(NC(=O)c2ccc3c(c2)N(C)C(=O)CO3)(C(F)(F)F)CC1. The summed E-state index contributed by atoms with van der Waals surface area (Å²) in [5.41, 5.74) is -1.83. The summed E-state index contributed by atoms with van der Waals surface area (Å²) in [5, 5.41) is 2.23. The molecule has 6 nitrogen and oxygen atoms in total. The molecule has 0 aromatic heterocycles. The number of likely N-dealkylation sites (tertiary alicyclic amines) is 1. The highest BCUT2D eigenvalue weighted by Crippen LogP contribution is 2.39. The number of carbonyl (C=O) groups is 2. The highest BCUT2D eigenvalue weighted by molar-refractivity contribution is 6.01. The van der Waals surface area contributed by atoms with Crippen LogP contribution in [0.3, 0.4) is 0 Å². The van der Waals surface area contributed by atoms with Crippen LogP contribution in [0.25, 0.3) is 0 Å².